The molecule has 2 rings (SSSR count). The van der Waals surface area contributed by atoms with E-state index >= 15 is 0 Å². The fourth-order valence-corrected chi connectivity index (χ4v) is 2.37. The van der Waals surface area contributed by atoms with Crippen molar-refractivity contribution in [2.75, 3.05) is 0 Å². The molecule has 0 radical (unpaired) electrons. The number of allylic oxidation sites excluding steroid dienone is 4. The molecule has 0 amide bonds. The fraction of sp³-hybridized carbons (Fsp3) is 0.368. The fourth-order valence-electron chi connectivity index (χ4n) is 2.37. The van der Waals surface area contributed by atoms with Crippen molar-refractivity contribution >= 4 is 18.2 Å². The van der Waals surface area contributed by atoms with Gasteiger partial charge < -0.3 is 9.31 Å². The van der Waals surface area contributed by atoms with Crippen molar-refractivity contribution in [1.82, 2.24) is 0 Å². The smallest absolute Gasteiger partial charge is 0.399 e. The molecule has 0 N–H and O–H groups in total. The highest BCUT2D eigenvalue weighted by Gasteiger charge is 2.51. The van der Waals surface area contributed by atoms with Crippen molar-refractivity contribution in [2.45, 2.75) is 45.8 Å². The molecule has 2 nitrogen and oxygen atoms in total. The lowest BCUT2D eigenvalue weighted by molar-refractivity contribution is 0.00578. The van der Waals surface area contributed by atoms with E-state index in [-0.39, 0.29) is 18.3 Å². The summed E-state index contributed by atoms with van der Waals surface area (Å²) < 4.78 is 12.2. The van der Waals surface area contributed by atoms with Gasteiger partial charge >= 0.3 is 7.12 Å². The minimum absolute atomic E-state index is 0.331. The van der Waals surface area contributed by atoms with Crippen LogP contribution in [0, 0.1) is 0 Å². The van der Waals surface area contributed by atoms with E-state index in [4.69, 9.17) is 9.31 Å². The lowest BCUT2D eigenvalue weighted by Gasteiger charge is -2.32. The summed E-state index contributed by atoms with van der Waals surface area (Å²) in [7, 11) is -0.346. The SMILES string of the molecule is C=C/C(=C\C(=C)C)c1cccc(B2OC(C)(C)C(C)(C)O2)c1. The molecular formula is C19H25BO2. The maximum atomic E-state index is 6.11. The third-order valence-corrected chi connectivity index (χ3v) is 4.37. The lowest BCUT2D eigenvalue weighted by atomic mass is 9.78. The van der Waals surface area contributed by atoms with Crippen molar-refractivity contribution < 1.29 is 9.31 Å². The maximum absolute atomic E-state index is 6.11. The Morgan fingerprint density at radius 1 is 1.14 bits per heavy atom. The Morgan fingerprint density at radius 3 is 2.23 bits per heavy atom. The molecular weight excluding hydrogens is 271 g/mol. The second-order valence-corrected chi connectivity index (χ2v) is 6.86. The van der Waals surface area contributed by atoms with Gasteiger partial charge in [-0.25, -0.2) is 0 Å². The van der Waals surface area contributed by atoms with Gasteiger partial charge in [0.2, 0.25) is 0 Å². The standard InChI is InChI=1S/C19H25BO2/c1-8-15(12-14(2)3)16-10-9-11-17(13-16)20-21-18(4,5)19(6,7)22-20/h8-13H,1-2H2,3-7H3/b15-12+. The van der Waals surface area contributed by atoms with Crippen molar-refractivity contribution in [3.8, 4) is 0 Å². The van der Waals surface area contributed by atoms with Crippen molar-refractivity contribution in [3.05, 3.63) is 60.7 Å². The van der Waals surface area contributed by atoms with Crippen molar-refractivity contribution in [3.63, 3.8) is 0 Å². The average Bonchev–Trinajstić information content (AvgIpc) is 2.65. The first kappa shape index (κ1) is 16.8. The molecule has 0 unspecified atom stereocenters. The molecule has 0 saturated carbocycles. The van der Waals surface area contributed by atoms with E-state index in [9.17, 15) is 0 Å². The predicted octanol–water partition coefficient (Wildman–Crippen LogP) is 4.13. The molecule has 0 atom stereocenters. The minimum atomic E-state index is -0.346. The Hall–Kier alpha value is -1.58. The largest absolute Gasteiger partial charge is 0.494 e. The van der Waals surface area contributed by atoms with Gasteiger partial charge in [0.1, 0.15) is 0 Å². The molecule has 1 heterocycles. The van der Waals surface area contributed by atoms with Crippen molar-refractivity contribution in [2.24, 2.45) is 0 Å². The molecule has 1 saturated heterocycles. The molecule has 0 spiro atoms. The molecule has 116 valence electrons. The first-order valence-electron chi connectivity index (χ1n) is 7.62. The molecule has 22 heavy (non-hydrogen) atoms. The van der Waals surface area contributed by atoms with Crippen LogP contribution in [0.4, 0.5) is 0 Å². The maximum Gasteiger partial charge on any atom is 0.494 e. The zero-order valence-electron chi connectivity index (χ0n) is 14.3. The summed E-state index contributed by atoms with van der Waals surface area (Å²) in [5.74, 6) is 0. The van der Waals surface area contributed by atoms with Crippen LogP contribution in [0.3, 0.4) is 0 Å². The molecule has 0 bridgehead atoms. The first-order valence-corrected chi connectivity index (χ1v) is 7.62. The monoisotopic (exact) mass is 296 g/mol. The second kappa shape index (κ2) is 5.90. The van der Waals surface area contributed by atoms with E-state index in [0.29, 0.717) is 0 Å². The normalized spacial score (nSPS) is 20.0. The molecule has 1 aliphatic heterocycles. The number of benzene rings is 1. The van der Waals surface area contributed by atoms with E-state index in [1.165, 1.54) is 0 Å². The second-order valence-electron chi connectivity index (χ2n) is 6.86. The molecule has 1 aromatic rings. The number of hydrogen-bond acceptors (Lipinski definition) is 2. The Labute approximate surface area is 134 Å². The molecule has 1 aromatic carbocycles. The van der Waals surface area contributed by atoms with Gasteiger partial charge in [0.15, 0.2) is 0 Å². The van der Waals surface area contributed by atoms with Crippen LogP contribution < -0.4 is 5.46 Å². The summed E-state index contributed by atoms with van der Waals surface area (Å²) in [5.41, 5.74) is 3.49. The van der Waals surface area contributed by atoms with E-state index < -0.39 is 0 Å². The molecule has 1 fully saturated rings. The van der Waals surface area contributed by atoms with Gasteiger partial charge in [0.05, 0.1) is 11.2 Å². The van der Waals surface area contributed by atoms with Gasteiger partial charge in [-0.2, -0.15) is 0 Å². The van der Waals surface area contributed by atoms with Crippen LogP contribution >= 0.6 is 0 Å². The molecule has 0 aliphatic carbocycles. The van der Waals surface area contributed by atoms with E-state index in [0.717, 1.165) is 22.2 Å². The number of hydrogen-bond donors (Lipinski definition) is 0. The zero-order valence-corrected chi connectivity index (χ0v) is 14.3. The molecule has 1 aliphatic rings. The predicted molar refractivity (Wildman–Crippen MR) is 95.1 cm³/mol. The quantitative estimate of drug-likeness (QED) is 0.614. The zero-order chi connectivity index (χ0) is 16.5. The van der Waals surface area contributed by atoms with Crippen LogP contribution in [0.2, 0.25) is 0 Å². The van der Waals surface area contributed by atoms with E-state index in [1.807, 2.05) is 31.2 Å². The van der Waals surface area contributed by atoms with Crippen LogP contribution in [0.5, 0.6) is 0 Å². The summed E-state index contributed by atoms with van der Waals surface area (Å²) in [6.07, 6.45) is 3.87. The summed E-state index contributed by atoms with van der Waals surface area (Å²) in [4.78, 5) is 0. The summed E-state index contributed by atoms with van der Waals surface area (Å²) >= 11 is 0. The highest BCUT2D eigenvalue weighted by molar-refractivity contribution is 6.62. The molecule has 3 heteroatoms. The van der Waals surface area contributed by atoms with Gasteiger partial charge in [-0.1, -0.05) is 55.1 Å². The Morgan fingerprint density at radius 2 is 1.73 bits per heavy atom. The van der Waals surface area contributed by atoms with Crippen LogP contribution in [-0.2, 0) is 9.31 Å². The average molecular weight is 296 g/mol. The third-order valence-electron chi connectivity index (χ3n) is 4.37. The minimum Gasteiger partial charge on any atom is -0.399 e. The highest BCUT2D eigenvalue weighted by atomic mass is 16.7. The molecule has 0 aromatic heterocycles. The van der Waals surface area contributed by atoms with Gasteiger partial charge in [0, 0.05) is 0 Å². The topological polar surface area (TPSA) is 18.5 Å². The number of rotatable bonds is 4. The first-order chi connectivity index (χ1) is 10.2. The summed E-state index contributed by atoms with van der Waals surface area (Å²) in [5, 5.41) is 0. The van der Waals surface area contributed by atoms with E-state index in [2.05, 4.69) is 53.0 Å². The van der Waals surface area contributed by atoms with Gasteiger partial charge in [0.25, 0.3) is 0 Å². The van der Waals surface area contributed by atoms with Crippen LogP contribution in [-0.4, -0.2) is 18.3 Å². The summed E-state index contributed by atoms with van der Waals surface area (Å²) in [6, 6.07) is 8.21. The summed E-state index contributed by atoms with van der Waals surface area (Å²) in [6.45, 7) is 18.0. The Balaban J connectivity index is 2.34. The van der Waals surface area contributed by atoms with Crippen LogP contribution in [0.15, 0.2) is 55.1 Å². The lowest BCUT2D eigenvalue weighted by Crippen LogP contribution is -2.41. The third kappa shape index (κ3) is 3.26. The van der Waals surface area contributed by atoms with Crippen molar-refractivity contribution in [1.29, 1.82) is 0 Å². The van der Waals surface area contributed by atoms with Crippen LogP contribution in [0.25, 0.3) is 5.57 Å². The van der Waals surface area contributed by atoms with Crippen LogP contribution in [0.1, 0.15) is 40.2 Å². The highest BCUT2D eigenvalue weighted by Crippen LogP contribution is 2.36. The van der Waals surface area contributed by atoms with Gasteiger partial charge in [-0.05, 0) is 51.2 Å². The Bertz CT molecular complexity index is 610. The van der Waals surface area contributed by atoms with Gasteiger partial charge in [-0.15, -0.1) is 0 Å². The Kier molecular flexibility index (Phi) is 4.50. The van der Waals surface area contributed by atoms with Gasteiger partial charge in [-0.3, -0.25) is 0 Å². The van der Waals surface area contributed by atoms with E-state index in [1.54, 1.807) is 0 Å².